The van der Waals surface area contributed by atoms with Gasteiger partial charge in [0.05, 0.1) is 25.3 Å². The fourth-order valence-electron chi connectivity index (χ4n) is 3.05. The summed E-state index contributed by atoms with van der Waals surface area (Å²) in [5, 5.41) is 3.14. The molecule has 3 heterocycles. The van der Waals surface area contributed by atoms with Crippen LogP contribution < -0.4 is 5.32 Å². The molecule has 2 unspecified atom stereocenters. The van der Waals surface area contributed by atoms with Crippen molar-refractivity contribution in [2.24, 2.45) is 0 Å². The van der Waals surface area contributed by atoms with Gasteiger partial charge < -0.3 is 14.5 Å². The summed E-state index contributed by atoms with van der Waals surface area (Å²) in [5.41, 5.74) is 1.25. The Balaban J connectivity index is 1.64. The van der Waals surface area contributed by atoms with Gasteiger partial charge in [0.1, 0.15) is 11.5 Å². The molecule has 0 aliphatic carbocycles. The molecule has 0 aromatic carbocycles. The Bertz CT molecular complexity index is 404. The Morgan fingerprint density at radius 3 is 2.72 bits per heavy atom. The van der Waals surface area contributed by atoms with Gasteiger partial charge >= 0.3 is 0 Å². The summed E-state index contributed by atoms with van der Waals surface area (Å²) >= 11 is 0. The smallest absolute Gasteiger partial charge is 0.120 e. The normalized spacial score (nSPS) is 27.9. The minimum Gasteiger partial charge on any atom is -0.463 e. The SMILES string of the molecule is CNCc1oc(CN2CC3CCC(C2)O3)cc1C. The summed E-state index contributed by atoms with van der Waals surface area (Å²) in [6.07, 6.45) is 3.36. The molecule has 2 aliphatic rings. The highest BCUT2D eigenvalue weighted by atomic mass is 16.5. The van der Waals surface area contributed by atoms with Crippen LogP contribution in [0.3, 0.4) is 0 Å². The number of hydrogen-bond donors (Lipinski definition) is 1. The molecule has 0 saturated carbocycles. The summed E-state index contributed by atoms with van der Waals surface area (Å²) in [4.78, 5) is 2.47. The van der Waals surface area contributed by atoms with E-state index in [9.17, 15) is 0 Å². The molecule has 4 heteroatoms. The van der Waals surface area contributed by atoms with E-state index < -0.39 is 0 Å². The van der Waals surface area contributed by atoms with Gasteiger partial charge in [-0.3, -0.25) is 4.90 Å². The molecule has 18 heavy (non-hydrogen) atoms. The summed E-state index contributed by atoms with van der Waals surface area (Å²) < 4.78 is 11.8. The van der Waals surface area contributed by atoms with Crippen molar-refractivity contribution in [2.45, 2.75) is 45.1 Å². The van der Waals surface area contributed by atoms with Crippen LogP contribution >= 0.6 is 0 Å². The molecule has 2 aliphatic heterocycles. The van der Waals surface area contributed by atoms with Crippen molar-refractivity contribution in [3.63, 3.8) is 0 Å². The van der Waals surface area contributed by atoms with Crippen molar-refractivity contribution in [1.29, 1.82) is 0 Å². The molecule has 1 N–H and O–H groups in total. The third-order valence-corrected chi connectivity index (χ3v) is 3.91. The van der Waals surface area contributed by atoms with E-state index in [1.165, 1.54) is 18.4 Å². The van der Waals surface area contributed by atoms with E-state index in [1.807, 2.05) is 7.05 Å². The van der Waals surface area contributed by atoms with Gasteiger partial charge in [0, 0.05) is 13.1 Å². The zero-order chi connectivity index (χ0) is 12.5. The summed E-state index contributed by atoms with van der Waals surface area (Å²) in [7, 11) is 1.95. The lowest BCUT2D eigenvalue weighted by Crippen LogP contribution is -2.41. The first-order valence-corrected chi connectivity index (χ1v) is 6.85. The summed E-state index contributed by atoms with van der Waals surface area (Å²) in [6.45, 7) is 5.94. The Morgan fingerprint density at radius 2 is 2.06 bits per heavy atom. The van der Waals surface area contributed by atoms with Gasteiger partial charge in [0.25, 0.3) is 0 Å². The highest BCUT2D eigenvalue weighted by Gasteiger charge is 2.33. The minimum absolute atomic E-state index is 0.455. The quantitative estimate of drug-likeness (QED) is 0.882. The van der Waals surface area contributed by atoms with Gasteiger partial charge in [-0.15, -0.1) is 0 Å². The van der Waals surface area contributed by atoms with Crippen molar-refractivity contribution < 1.29 is 9.15 Å². The molecule has 1 aromatic rings. The number of ether oxygens (including phenoxy) is 1. The van der Waals surface area contributed by atoms with Gasteiger partial charge in [-0.05, 0) is 38.4 Å². The van der Waals surface area contributed by atoms with Crippen molar-refractivity contribution in [2.75, 3.05) is 20.1 Å². The van der Waals surface area contributed by atoms with Crippen molar-refractivity contribution in [1.82, 2.24) is 10.2 Å². The minimum atomic E-state index is 0.455. The maximum Gasteiger partial charge on any atom is 0.120 e. The third kappa shape index (κ3) is 2.46. The van der Waals surface area contributed by atoms with Crippen molar-refractivity contribution >= 4 is 0 Å². The number of morpholine rings is 1. The van der Waals surface area contributed by atoms with Crippen molar-refractivity contribution in [3.05, 3.63) is 23.2 Å². The molecule has 2 saturated heterocycles. The summed E-state index contributed by atoms with van der Waals surface area (Å²) in [6, 6.07) is 2.17. The lowest BCUT2D eigenvalue weighted by Gasteiger charge is -2.31. The van der Waals surface area contributed by atoms with Crippen LogP contribution in [0, 0.1) is 6.92 Å². The lowest BCUT2D eigenvalue weighted by atomic mass is 10.2. The average molecular weight is 250 g/mol. The number of furan rings is 1. The van der Waals surface area contributed by atoms with Gasteiger partial charge in [-0.2, -0.15) is 0 Å². The Morgan fingerprint density at radius 1 is 1.33 bits per heavy atom. The van der Waals surface area contributed by atoms with Crippen LogP contribution in [0.25, 0.3) is 0 Å². The predicted octanol–water partition coefficient (Wildman–Crippen LogP) is 1.67. The van der Waals surface area contributed by atoms with Crippen molar-refractivity contribution in [3.8, 4) is 0 Å². The second-order valence-corrected chi connectivity index (χ2v) is 5.50. The second kappa shape index (κ2) is 5.03. The van der Waals surface area contributed by atoms with Gasteiger partial charge in [-0.1, -0.05) is 0 Å². The number of rotatable bonds is 4. The largest absolute Gasteiger partial charge is 0.463 e. The molecule has 0 spiro atoms. The van der Waals surface area contributed by atoms with Gasteiger partial charge in [0.2, 0.25) is 0 Å². The van der Waals surface area contributed by atoms with Crippen LogP contribution in [-0.2, 0) is 17.8 Å². The fraction of sp³-hybridized carbons (Fsp3) is 0.714. The van der Waals surface area contributed by atoms with Crippen LogP contribution in [0.15, 0.2) is 10.5 Å². The molecular formula is C14H22N2O2. The second-order valence-electron chi connectivity index (χ2n) is 5.50. The van der Waals surface area contributed by atoms with E-state index in [0.717, 1.165) is 37.7 Å². The monoisotopic (exact) mass is 250 g/mol. The van der Waals surface area contributed by atoms with Crippen LogP contribution in [0.2, 0.25) is 0 Å². The Kier molecular flexibility index (Phi) is 3.41. The lowest BCUT2D eigenvalue weighted by molar-refractivity contribution is -0.0427. The topological polar surface area (TPSA) is 37.6 Å². The number of hydrogen-bond acceptors (Lipinski definition) is 4. The zero-order valence-corrected chi connectivity index (χ0v) is 11.2. The first-order chi connectivity index (χ1) is 8.74. The number of nitrogens with one attached hydrogen (secondary N) is 1. The zero-order valence-electron chi connectivity index (χ0n) is 11.2. The highest BCUT2D eigenvalue weighted by Crippen LogP contribution is 2.27. The van der Waals surface area contributed by atoms with E-state index in [2.05, 4.69) is 23.2 Å². The highest BCUT2D eigenvalue weighted by molar-refractivity contribution is 5.20. The standard InChI is InChI=1S/C14H22N2O2/c1-10-5-13(18-14(10)6-15-2)9-16-7-11-3-4-12(8-16)17-11/h5,11-12,15H,3-4,6-9H2,1-2H3. The van der Waals surface area contributed by atoms with E-state index >= 15 is 0 Å². The fourth-order valence-corrected chi connectivity index (χ4v) is 3.05. The van der Waals surface area contributed by atoms with E-state index in [4.69, 9.17) is 9.15 Å². The molecule has 2 bridgehead atoms. The molecule has 0 amide bonds. The summed E-state index contributed by atoms with van der Waals surface area (Å²) in [5.74, 6) is 2.14. The molecule has 1 aromatic heterocycles. The Hall–Kier alpha value is -0.840. The van der Waals surface area contributed by atoms with Crippen LogP contribution in [0.1, 0.15) is 29.9 Å². The molecule has 2 fully saturated rings. The molecule has 0 radical (unpaired) electrons. The maximum atomic E-state index is 5.90. The van der Waals surface area contributed by atoms with E-state index in [-0.39, 0.29) is 0 Å². The van der Waals surface area contributed by atoms with Gasteiger partial charge in [-0.25, -0.2) is 0 Å². The maximum absolute atomic E-state index is 5.90. The Labute approximate surface area is 108 Å². The van der Waals surface area contributed by atoms with Crippen LogP contribution in [-0.4, -0.2) is 37.2 Å². The average Bonchev–Trinajstić information content (AvgIpc) is 2.84. The predicted molar refractivity (Wildman–Crippen MR) is 69.4 cm³/mol. The number of fused-ring (bicyclic) bond motifs is 2. The van der Waals surface area contributed by atoms with E-state index in [1.54, 1.807) is 0 Å². The number of likely N-dealkylation sites (tertiary alicyclic amines) is 1. The number of aryl methyl sites for hydroxylation is 1. The first-order valence-electron chi connectivity index (χ1n) is 6.85. The third-order valence-electron chi connectivity index (χ3n) is 3.91. The number of nitrogens with zero attached hydrogens (tertiary/aromatic N) is 1. The molecular weight excluding hydrogens is 228 g/mol. The van der Waals surface area contributed by atoms with Gasteiger partial charge in [0.15, 0.2) is 0 Å². The molecule has 2 atom stereocenters. The molecule has 4 nitrogen and oxygen atoms in total. The van der Waals surface area contributed by atoms with Crippen LogP contribution in [0.4, 0.5) is 0 Å². The molecule has 3 rings (SSSR count). The first kappa shape index (κ1) is 12.2. The van der Waals surface area contributed by atoms with Crippen LogP contribution in [0.5, 0.6) is 0 Å². The molecule has 100 valence electrons. The van der Waals surface area contributed by atoms with E-state index in [0.29, 0.717) is 12.2 Å².